The van der Waals surface area contributed by atoms with Crippen LogP contribution in [0.15, 0.2) is 24.4 Å². The normalized spacial score (nSPS) is 15.1. The number of carbonyl (C=O) groups is 1. The van der Waals surface area contributed by atoms with Gasteiger partial charge in [0.05, 0.1) is 5.56 Å². The van der Waals surface area contributed by atoms with Gasteiger partial charge in [-0.25, -0.2) is 18.2 Å². The Morgan fingerprint density at radius 2 is 1.69 bits per heavy atom. The van der Waals surface area contributed by atoms with Gasteiger partial charge in [-0.2, -0.15) is 0 Å². The molecule has 0 saturated carbocycles. The molecule has 190 valence electrons. The van der Waals surface area contributed by atoms with Gasteiger partial charge in [0.1, 0.15) is 16.1 Å². The molecule has 1 aliphatic rings. The number of nitrogens with one attached hydrogen (secondary N) is 1. The number of H-pyrrole nitrogens is 1. The zero-order valence-corrected chi connectivity index (χ0v) is 22.4. The molecule has 36 heavy (non-hydrogen) atoms. The molecule has 1 fully saturated rings. The number of piperazine rings is 1. The van der Waals surface area contributed by atoms with E-state index in [4.69, 9.17) is 0 Å². The second-order valence-corrected chi connectivity index (χ2v) is 12.6. The van der Waals surface area contributed by atoms with E-state index in [0.29, 0.717) is 11.0 Å². The van der Waals surface area contributed by atoms with Crippen molar-refractivity contribution in [1.82, 2.24) is 14.9 Å². The van der Waals surface area contributed by atoms with Crippen molar-refractivity contribution in [2.45, 2.75) is 32.4 Å². The van der Waals surface area contributed by atoms with Crippen LogP contribution in [0, 0.1) is 25.7 Å². The lowest BCUT2D eigenvalue weighted by Gasteiger charge is -2.36. The molecule has 1 aromatic carbocycles. The average Bonchev–Trinajstić information content (AvgIpc) is 3.16. The van der Waals surface area contributed by atoms with E-state index in [9.17, 15) is 18.3 Å². The third kappa shape index (κ3) is 4.84. The predicted molar refractivity (Wildman–Crippen MR) is 143 cm³/mol. The van der Waals surface area contributed by atoms with Gasteiger partial charge in [-0.3, -0.25) is 0 Å². The Balaban J connectivity index is 1.80. The monoisotopic (exact) mass is 508 g/mol. The van der Waals surface area contributed by atoms with Gasteiger partial charge in [0, 0.05) is 55.3 Å². The molecular formula is C27H32N4O4S. The smallest absolute Gasteiger partial charge is 0.353 e. The number of anilines is 1. The average molecular weight is 509 g/mol. The van der Waals surface area contributed by atoms with Crippen LogP contribution in [0.25, 0.3) is 22.2 Å². The van der Waals surface area contributed by atoms with Gasteiger partial charge in [0.2, 0.25) is 0 Å². The number of aromatic nitrogens is 2. The molecule has 0 bridgehead atoms. The van der Waals surface area contributed by atoms with Crippen LogP contribution in [0.1, 0.15) is 41.0 Å². The van der Waals surface area contributed by atoms with Crippen molar-refractivity contribution in [3.63, 3.8) is 0 Å². The molecule has 1 saturated heterocycles. The number of aromatic amines is 1. The Kier molecular flexibility index (Phi) is 6.62. The molecule has 3 heterocycles. The first-order valence-electron chi connectivity index (χ1n) is 11.8. The fourth-order valence-corrected chi connectivity index (χ4v) is 4.71. The molecule has 0 amide bonds. The standard InChI is InChI=1S/C27H32N4O4S/c1-17-13-19(14-18(2)24(17)31-11-9-30(5)10-12-31)20-15-22-21(7-8-27(3,4)36(6,34)35)23(26(32)33)29-25(22)28-16-20/h13-16H,9-12H2,1-6H3,(H,28,29)(H,32,33). The van der Waals surface area contributed by atoms with E-state index in [2.05, 4.69) is 64.6 Å². The van der Waals surface area contributed by atoms with Crippen molar-refractivity contribution >= 4 is 32.5 Å². The van der Waals surface area contributed by atoms with Crippen molar-refractivity contribution in [2.24, 2.45) is 0 Å². The second kappa shape index (κ2) is 9.26. The quantitative estimate of drug-likeness (QED) is 0.520. The topological polar surface area (TPSA) is 107 Å². The molecule has 2 aromatic heterocycles. The van der Waals surface area contributed by atoms with Gasteiger partial charge in [-0.1, -0.05) is 11.8 Å². The van der Waals surface area contributed by atoms with Crippen LogP contribution in [-0.2, 0) is 9.84 Å². The number of hydrogen-bond acceptors (Lipinski definition) is 6. The summed E-state index contributed by atoms with van der Waals surface area (Å²) in [5.74, 6) is 4.40. The summed E-state index contributed by atoms with van der Waals surface area (Å²) in [4.78, 5) is 24.0. The van der Waals surface area contributed by atoms with Crippen molar-refractivity contribution < 1.29 is 18.3 Å². The molecule has 4 rings (SSSR count). The van der Waals surface area contributed by atoms with Crippen LogP contribution in [0.3, 0.4) is 0 Å². The fraction of sp³-hybridized carbons (Fsp3) is 0.407. The van der Waals surface area contributed by atoms with Crippen LogP contribution >= 0.6 is 0 Å². The summed E-state index contributed by atoms with van der Waals surface area (Å²) in [5.41, 5.74) is 5.92. The lowest BCUT2D eigenvalue weighted by molar-refractivity contribution is 0.0691. The van der Waals surface area contributed by atoms with E-state index < -0.39 is 20.6 Å². The molecule has 8 nitrogen and oxygen atoms in total. The zero-order chi connectivity index (χ0) is 26.4. The maximum atomic E-state index is 12.1. The first-order valence-corrected chi connectivity index (χ1v) is 13.7. The van der Waals surface area contributed by atoms with Crippen LogP contribution in [0.5, 0.6) is 0 Å². The molecule has 0 atom stereocenters. The minimum atomic E-state index is -3.47. The molecule has 0 unspecified atom stereocenters. The minimum absolute atomic E-state index is 0.107. The van der Waals surface area contributed by atoms with Gasteiger partial charge >= 0.3 is 5.97 Å². The van der Waals surface area contributed by atoms with E-state index in [0.717, 1.165) is 43.6 Å². The van der Waals surface area contributed by atoms with E-state index in [-0.39, 0.29) is 11.3 Å². The third-order valence-electron chi connectivity index (χ3n) is 6.92. The molecule has 9 heteroatoms. The van der Waals surface area contributed by atoms with Crippen molar-refractivity contribution in [2.75, 3.05) is 44.4 Å². The summed E-state index contributed by atoms with van der Waals surface area (Å²) in [6, 6.07) is 6.13. The number of sulfone groups is 1. The minimum Gasteiger partial charge on any atom is -0.477 e. The molecule has 2 N–H and O–H groups in total. The molecule has 0 spiro atoms. The van der Waals surface area contributed by atoms with Gasteiger partial charge in [0.25, 0.3) is 0 Å². The zero-order valence-electron chi connectivity index (χ0n) is 21.6. The number of pyridine rings is 1. The lowest BCUT2D eigenvalue weighted by atomic mass is 9.98. The highest BCUT2D eigenvalue weighted by molar-refractivity contribution is 7.92. The molecule has 3 aromatic rings. The van der Waals surface area contributed by atoms with Gasteiger partial charge in [-0.05, 0) is 69.6 Å². The number of hydrogen-bond donors (Lipinski definition) is 2. The van der Waals surface area contributed by atoms with E-state index in [1.54, 1.807) is 6.20 Å². The summed E-state index contributed by atoms with van der Waals surface area (Å²) >= 11 is 0. The van der Waals surface area contributed by atoms with Crippen molar-refractivity contribution in [3.8, 4) is 23.0 Å². The Hall–Kier alpha value is -3.35. The number of aromatic carboxylic acids is 1. The summed E-state index contributed by atoms with van der Waals surface area (Å²) < 4.78 is 22.9. The second-order valence-electron chi connectivity index (χ2n) is 10.1. The number of benzene rings is 1. The largest absolute Gasteiger partial charge is 0.477 e. The van der Waals surface area contributed by atoms with Crippen LogP contribution < -0.4 is 4.90 Å². The fourth-order valence-electron chi connectivity index (χ4n) is 4.48. The number of carboxylic acids is 1. The van der Waals surface area contributed by atoms with Crippen molar-refractivity contribution in [3.05, 3.63) is 46.8 Å². The van der Waals surface area contributed by atoms with Crippen LogP contribution in [-0.4, -0.2) is 78.6 Å². The van der Waals surface area contributed by atoms with Crippen molar-refractivity contribution in [1.29, 1.82) is 0 Å². The maximum Gasteiger partial charge on any atom is 0.353 e. The van der Waals surface area contributed by atoms with Gasteiger partial charge in [-0.15, -0.1) is 0 Å². The molecule has 1 aliphatic heterocycles. The Bertz CT molecular complexity index is 1500. The summed E-state index contributed by atoms with van der Waals surface area (Å²) in [6.07, 6.45) is 2.83. The number of carboxylic acid groups (broad SMARTS) is 1. The molecule has 0 radical (unpaired) electrons. The van der Waals surface area contributed by atoms with E-state index in [1.165, 1.54) is 30.7 Å². The number of fused-ring (bicyclic) bond motifs is 1. The number of nitrogens with zero attached hydrogens (tertiary/aromatic N) is 3. The molecule has 0 aliphatic carbocycles. The maximum absolute atomic E-state index is 12.1. The third-order valence-corrected chi connectivity index (χ3v) is 8.88. The SMILES string of the molecule is Cc1cc(-c2cnc3[nH]c(C(=O)O)c(C#CC(C)(C)S(C)(=O)=O)c3c2)cc(C)c1N1CCN(C)CC1. The first kappa shape index (κ1) is 25.7. The lowest BCUT2D eigenvalue weighted by Crippen LogP contribution is -2.45. The predicted octanol–water partition coefficient (Wildman–Crippen LogP) is 3.47. The van der Waals surface area contributed by atoms with E-state index in [1.807, 2.05) is 6.07 Å². The van der Waals surface area contributed by atoms with Gasteiger partial charge in [0.15, 0.2) is 9.84 Å². The summed E-state index contributed by atoms with van der Waals surface area (Å²) in [5, 5.41) is 10.3. The highest BCUT2D eigenvalue weighted by Crippen LogP contribution is 2.33. The van der Waals surface area contributed by atoms with Crippen LogP contribution in [0.2, 0.25) is 0 Å². The highest BCUT2D eigenvalue weighted by Gasteiger charge is 2.28. The Labute approximate surface area is 212 Å². The number of aryl methyl sites for hydroxylation is 2. The van der Waals surface area contributed by atoms with Gasteiger partial charge < -0.3 is 19.9 Å². The number of likely N-dealkylation sites (N-methyl/N-ethyl adjacent to an activating group) is 1. The number of rotatable bonds is 4. The first-order chi connectivity index (χ1) is 16.8. The highest BCUT2D eigenvalue weighted by atomic mass is 32.2. The Morgan fingerprint density at radius 1 is 1.08 bits per heavy atom. The van der Waals surface area contributed by atoms with E-state index >= 15 is 0 Å². The van der Waals surface area contributed by atoms with Crippen LogP contribution in [0.4, 0.5) is 5.69 Å². The Morgan fingerprint density at radius 3 is 2.25 bits per heavy atom. The summed E-state index contributed by atoms with van der Waals surface area (Å²) in [6.45, 7) is 11.2. The summed E-state index contributed by atoms with van der Waals surface area (Å²) in [7, 11) is -1.33. The molecular weight excluding hydrogens is 476 g/mol.